The number of carbonyl (C=O) groups excluding carboxylic acids is 2. The molecule has 7 nitrogen and oxygen atoms in total. The molecule has 0 aliphatic heterocycles. The lowest BCUT2D eigenvalue weighted by atomic mass is 10.1. The van der Waals surface area contributed by atoms with E-state index >= 15 is 0 Å². The number of tetrazole rings is 1. The zero-order valence-electron chi connectivity index (χ0n) is 16.6. The van der Waals surface area contributed by atoms with Crippen molar-refractivity contribution in [3.8, 4) is 11.4 Å². The van der Waals surface area contributed by atoms with E-state index in [-0.39, 0.29) is 11.7 Å². The summed E-state index contributed by atoms with van der Waals surface area (Å²) in [6.45, 7) is 1.48. The third-order valence-electron chi connectivity index (χ3n) is 4.66. The molecule has 154 valence electrons. The Labute approximate surface area is 187 Å². The van der Waals surface area contributed by atoms with Crippen molar-refractivity contribution in [2.75, 3.05) is 5.32 Å². The summed E-state index contributed by atoms with van der Waals surface area (Å²) >= 11 is 3.41. The van der Waals surface area contributed by atoms with Gasteiger partial charge < -0.3 is 5.32 Å². The van der Waals surface area contributed by atoms with Gasteiger partial charge in [0.2, 0.25) is 5.82 Å². The topological polar surface area (TPSA) is 89.8 Å². The van der Waals surface area contributed by atoms with Crippen LogP contribution in [0.2, 0.25) is 0 Å². The zero-order chi connectivity index (χ0) is 21.8. The molecule has 1 atom stereocenters. The Morgan fingerprint density at radius 2 is 1.71 bits per heavy atom. The molecule has 3 aromatic carbocycles. The van der Waals surface area contributed by atoms with Crippen molar-refractivity contribution < 1.29 is 9.59 Å². The molecule has 0 fully saturated rings. The Morgan fingerprint density at radius 3 is 2.42 bits per heavy atom. The number of hydrogen-bond acceptors (Lipinski definition) is 5. The average Bonchev–Trinajstić information content (AvgIpc) is 3.25. The molecular formula is C23H18BrN5O2. The van der Waals surface area contributed by atoms with Crippen LogP contribution in [-0.2, 0) is 4.79 Å². The number of aromatic nitrogens is 4. The predicted molar refractivity (Wildman–Crippen MR) is 121 cm³/mol. The van der Waals surface area contributed by atoms with Crippen LogP contribution in [0.3, 0.4) is 0 Å². The molecule has 1 heterocycles. The van der Waals surface area contributed by atoms with Crippen LogP contribution in [0.15, 0.2) is 83.3 Å². The number of anilines is 1. The normalized spacial score (nSPS) is 11.7. The fourth-order valence-electron chi connectivity index (χ4n) is 3.10. The highest BCUT2D eigenvalue weighted by Gasteiger charge is 2.26. The third kappa shape index (κ3) is 4.75. The molecule has 0 bridgehead atoms. The standard InChI is InChI=1S/C23H18BrN5O2/c1-15(30)18-8-5-9-20(14-18)25-23(31)21(16-6-3-2-4-7-16)29-27-22(26-28-29)17-10-12-19(24)13-11-17/h2-14,21H,1H3,(H,25,31). The molecular weight excluding hydrogens is 458 g/mol. The van der Waals surface area contributed by atoms with Crippen LogP contribution in [0.1, 0.15) is 28.9 Å². The van der Waals surface area contributed by atoms with Gasteiger partial charge in [-0.25, -0.2) is 0 Å². The SMILES string of the molecule is CC(=O)c1cccc(NC(=O)C(c2ccccc2)n2nnc(-c3ccc(Br)cc3)n2)c1. The summed E-state index contributed by atoms with van der Waals surface area (Å²) < 4.78 is 0.943. The monoisotopic (exact) mass is 475 g/mol. The minimum absolute atomic E-state index is 0.0761. The fourth-order valence-corrected chi connectivity index (χ4v) is 3.36. The van der Waals surface area contributed by atoms with E-state index in [1.54, 1.807) is 24.3 Å². The molecule has 0 saturated heterocycles. The van der Waals surface area contributed by atoms with Gasteiger partial charge in [0.15, 0.2) is 11.8 Å². The van der Waals surface area contributed by atoms with E-state index in [4.69, 9.17) is 0 Å². The van der Waals surface area contributed by atoms with E-state index in [1.807, 2.05) is 54.6 Å². The third-order valence-corrected chi connectivity index (χ3v) is 5.19. The highest BCUT2D eigenvalue weighted by Crippen LogP contribution is 2.22. The smallest absolute Gasteiger partial charge is 0.255 e. The number of carbonyl (C=O) groups is 2. The number of amides is 1. The maximum Gasteiger partial charge on any atom is 0.255 e. The summed E-state index contributed by atoms with van der Waals surface area (Å²) in [6.07, 6.45) is 0. The Hall–Kier alpha value is -3.65. The van der Waals surface area contributed by atoms with Gasteiger partial charge in [-0.2, -0.15) is 0 Å². The zero-order valence-corrected chi connectivity index (χ0v) is 18.2. The highest BCUT2D eigenvalue weighted by atomic mass is 79.9. The van der Waals surface area contributed by atoms with Gasteiger partial charge in [-0.1, -0.05) is 58.4 Å². The van der Waals surface area contributed by atoms with E-state index in [0.29, 0.717) is 22.6 Å². The maximum absolute atomic E-state index is 13.3. The lowest BCUT2D eigenvalue weighted by molar-refractivity contribution is -0.118. The maximum atomic E-state index is 13.3. The van der Waals surface area contributed by atoms with Crippen molar-refractivity contribution in [3.05, 3.63) is 94.5 Å². The first kappa shape index (κ1) is 20.6. The van der Waals surface area contributed by atoms with Crippen molar-refractivity contribution in [2.45, 2.75) is 13.0 Å². The van der Waals surface area contributed by atoms with Crippen LogP contribution >= 0.6 is 15.9 Å². The summed E-state index contributed by atoms with van der Waals surface area (Å²) in [4.78, 5) is 26.2. The summed E-state index contributed by atoms with van der Waals surface area (Å²) in [5.74, 6) is -0.000688. The fraction of sp³-hybridized carbons (Fsp3) is 0.0870. The molecule has 8 heteroatoms. The molecule has 1 N–H and O–H groups in total. The van der Waals surface area contributed by atoms with Crippen molar-refractivity contribution >= 4 is 33.3 Å². The van der Waals surface area contributed by atoms with Crippen LogP contribution in [0.25, 0.3) is 11.4 Å². The largest absolute Gasteiger partial charge is 0.324 e. The Kier molecular flexibility index (Phi) is 5.99. The number of nitrogens with one attached hydrogen (secondary N) is 1. The minimum atomic E-state index is -0.834. The number of hydrogen-bond donors (Lipinski definition) is 1. The lowest BCUT2D eigenvalue weighted by Gasteiger charge is -2.16. The molecule has 1 amide bonds. The first-order chi connectivity index (χ1) is 15.0. The molecule has 1 unspecified atom stereocenters. The molecule has 0 aliphatic rings. The van der Waals surface area contributed by atoms with Gasteiger partial charge >= 0.3 is 0 Å². The molecule has 4 aromatic rings. The lowest BCUT2D eigenvalue weighted by Crippen LogP contribution is -2.28. The van der Waals surface area contributed by atoms with E-state index < -0.39 is 6.04 Å². The van der Waals surface area contributed by atoms with Crippen LogP contribution < -0.4 is 5.32 Å². The van der Waals surface area contributed by atoms with Gasteiger partial charge in [0.25, 0.3) is 5.91 Å². The second-order valence-corrected chi connectivity index (χ2v) is 7.80. The molecule has 0 spiro atoms. The van der Waals surface area contributed by atoms with Gasteiger partial charge in [-0.05, 0) is 54.1 Å². The minimum Gasteiger partial charge on any atom is -0.324 e. The molecule has 0 saturated carbocycles. The summed E-state index contributed by atoms with van der Waals surface area (Å²) in [5.41, 5.74) is 2.54. The highest BCUT2D eigenvalue weighted by molar-refractivity contribution is 9.10. The number of rotatable bonds is 6. The summed E-state index contributed by atoms with van der Waals surface area (Å²) in [6, 6.07) is 22.7. The number of halogens is 1. The number of nitrogens with zero attached hydrogens (tertiary/aromatic N) is 4. The second kappa shape index (κ2) is 9.01. The van der Waals surface area contributed by atoms with Crippen LogP contribution in [0.5, 0.6) is 0 Å². The van der Waals surface area contributed by atoms with Gasteiger partial charge in [-0.3, -0.25) is 9.59 Å². The predicted octanol–water partition coefficient (Wildman–Crippen LogP) is 4.53. The summed E-state index contributed by atoms with van der Waals surface area (Å²) in [5, 5.41) is 15.6. The second-order valence-electron chi connectivity index (χ2n) is 6.88. The molecule has 31 heavy (non-hydrogen) atoms. The molecule has 4 rings (SSSR count). The molecule has 1 aromatic heterocycles. The first-order valence-electron chi connectivity index (χ1n) is 9.53. The molecule has 0 radical (unpaired) electrons. The van der Waals surface area contributed by atoms with E-state index in [2.05, 4.69) is 36.7 Å². The number of Topliss-reactive ketones (excluding diaryl/α,β-unsaturated/α-hetero) is 1. The van der Waals surface area contributed by atoms with Crippen molar-refractivity contribution in [1.29, 1.82) is 0 Å². The van der Waals surface area contributed by atoms with E-state index in [0.717, 1.165) is 10.0 Å². The first-order valence-corrected chi connectivity index (χ1v) is 10.3. The Morgan fingerprint density at radius 1 is 0.968 bits per heavy atom. The van der Waals surface area contributed by atoms with Crippen molar-refractivity contribution in [3.63, 3.8) is 0 Å². The van der Waals surface area contributed by atoms with E-state index in [9.17, 15) is 9.59 Å². The van der Waals surface area contributed by atoms with Gasteiger partial charge in [0.05, 0.1) is 0 Å². The van der Waals surface area contributed by atoms with E-state index in [1.165, 1.54) is 11.7 Å². The number of benzene rings is 3. The molecule has 0 aliphatic carbocycles. The summed E-state index contributed by atoms with van der Waals surface area (Å²) in [7, 11) is 0. The Bertz CT molecular complexity index is 1220. The van der Waals surface area contributed by atoms with Crippen molar-refractivity contribution in [2.24, 2.45) is 0 Å². The van der Waals surface area contributed by atoms with Gasteiger partial charge in [0, 0.05) is 21.3 Å². The quantitative estimate of drug-likeness (QED) is 0.413. The van der Waals surface area contributed by atoms with Gasteiger partial charge in [0.1, 0.15) is 0 Å². The van der Waals surface area contributed by atoms with Gasteiger partial charge in [-0.15, -0.1) is 15.0 Å². The van der Waals surface area contributed by atoms with Crippen molar-refractivity contribution in [1.82, 2.24) is 20.2 Å². The van der Waals surface area contributed by atoms with Crippen LogP contribution in [-0.4, -0.2) is 31.9 Å². The number of ketones is 1. The van der Waals surface area contributed by atoms with Crippen LogP contribution in [0, 0.1) is 0 Å². The van der Waals surface area contributed by atoms with Crippen LogP contribution in [0.4, 0.5) is 5.69 Å². The average molecular weight is 476 g/mol. The Balaban J connectivity index is 1.67.